The SMILES string of the molecule is CN(C)CCCNCc1cc(Br)cc(Br)c1. The maximum absolute atomic E-state index is 3.49. The minimum atomic E-state index is 0.922. The first-order valence-corrected chi connectivity index (χ1v) is 6.97. The molecule has 1 aromatic rings. The second-order valence-electron chi connectivity index (χ2n) is 4.11. The lowest BCUT2D eigenvalue weighted by Crippen LogP contribution is -2.20. The van der Waals surface area contributed by atoms with Crippen molar-refractivity contribution < 1.29 is 0 Å². The van der Waals surface area contributed by atoms with E-state index in [4.69, 9.17) is 0 Å². The summed E-state index contributed by atoms with van der Waals surface area (Å²) in [6.45, 7) is 3.11. The van der Waals surface area contributed by atoms with Crippen molar-refractivity contribution in [3.05, 3.63) is 32.7 Å². The maximum atomic E-state index is 3.49. The van der Waals surface area contributed by atoms with E-state index < -0.39 is 0 Å². The van der Waals surface area contributed by atoms with E-state index in [2.05, 4.69) is 74.4 Å². The van der Waals surface area contributed by atoms with Gasteiger partial charge in [-0.2, -0.15) is 0 Å². The summed E-state index contributed by atoms with van der Waals surface area (Å²) >= 11 is 6.98. The molecule has 4 heteroatoms. The fraction of sp³-hybridized carbons (Fsp3) is 0.500. The lowest BCUT2D eigenvalue weighted by molar-refractivity contribution is 0.394. The molecule has 1 aromatic carbocycles. The fourth-order valence-electron chi connectivity index (χ4n) is 1.47. The standard InChI is InChI=1S/C12H18Br2N2/c1-16(2)5-3-4-15-9-10-6-11(13)8-12(14)7-10/h6-8,15H,3-5,9H2,1-2H3. The van der Waals surface area contributed by atoms with Crippen LogP contribution in [0.5, 0.6) is 0 Å². The van der Waals surface area contributed by atoms with Crippen LogP contribution in [0.15, 0.2) is 27.1 Å². The number of hydrogen-bond donors (Lipinski definition) is 1. The Labute approximate surface area is 115 Å². The Balaban J connectivity index is 2.26. The molecule has 0 aliphatic carbocycles. The second-order valence-corrected chi connectivity index (χ2v) is 5.94. The Morgan fingerprint density at radius 1 is 1.12 bits per heavy atom. The van der Waals surface area contributed by atoms with Gasteiger partial charge in [-0.15, -0.1) is 0 Å². The van der Waals surface area contributed by atoms with E-state index in [0.29, 0.717) is 0 Å². The Bertz CT molecular complexity index is 307. The Hall–Kier alpha value is 0.1000. The summed E-state index contributed by atoms with van der Waals surface area (Å²) in [5.74, 6) is 0. The van der Waals surface area contributed by atoms with Crippen molar-refractivity contribution in [2.24, 2.45) is 0 Å². The zero-order valence-corrected chi connectivity index (χ0v) is 12.9. The van der Waals surface area contributed by atoms with Crippen molar-refractivity contribution in [2.75, 3.05) is 27.2 Å². The van der Waals surface area contributed by atoms with Crippen molar-refractivity contribution in [2.45, 2.75) is 13.0 Å². The Morgan fingerprint density at radius 3 is 2.31 bits per heavy atom. The third-order valence-electron chi connectivity index (χ3n) is 2.21. The quantitative estimate of drug-likeness (QED) is 0.793. The van der Waals surface area contributed by atoms with Crippen LogP contribution in [0, 0.1) is 0 Å². The number of halogens is 2. The second kappa shape index (κ2) is 7.43. The fourth-order valence-corrected chi connectivity index (χ4v) is 2.85. The van der Waals surface area contributed by atoms with E-state index >= 15 is 0 Å². The lowest BCUT2D eigenvalue weighted by Gasteiger charge is -2.10. The van der Waals surface area contributed by atoms with Gasteiger partial charge in [0, 0.05) is 15.5 Å². The summed E-state index contributed by atoms with van der Waals surface area (Å²) in [6, 6.07) is 6.34. The molecule has 2 nitrogen and oxygen atoms in total. The number of rotatable bonds is 6. The van der Waals surface area contributed by atoms with Gasteiger partial charge in [-0.25, -0.2) is 0 Å². The number of nitrogens with one attached hydrogen (secondary N) is 1. The average Bonchev–Trinajstić information content (AvgIpc) is 2.15. The molecule has 0 bridgehead atoms. The van der Waals surface area contributed by atoms with Gasteiger partial charge >= 0.3 is 0 Å². The molecule has 1 rings (SSSR count). The van der Waals surface area contributed by atoms with Crippen molar-refractivity contribution in [3.8, 4) is 0 Å². The van der Waals surface area contributed by atoms with Crippen LogP contribution in [-0.2, 0) is 6.54 Å². The maximum Gasteiger partial charge on any atom is 0.0206 e. The van der Waals surface area contributed by atoms with Crippen LogP contribution in [0.1, 0.15) is 12.0 Å². The molecular weight excluding hydrogens is 332 g/mol. The largest absolute Gasteiger partial charge is 0.313 e. The molecule has 0 fully saturated rings. The first-order chi connectivity index (χ1) is 7.58. The molecule has 0 spiro atoms. The number of hydrogen-bond acceptors (Lipinski definition) is 2. The third kappa shape index (κ3) is 5.99. The summed E-state index contributed by atoms with van der Waals surface area (Å²) in [5.41, 5.74) is 1.30. The van der Waals surface area contributed by atoms with E-state index in [0.717, 1.165) is 28.6 Å². The number of nitrogens with zero attached hydrogens (tertiary/aromatic N) is 1. The highest BCUT2D eigenvalue weighted by atomic mass is 79.9. The third-order valence-corrected chi connectivity index (χ3v) is 3.13. The van der Waals surface area contributed by atoms with Crippen LogP contribution >= 0.6 is 31.9 Å². The van der Waals surface area contributed by atoms with E-state index in [1.54, 1.807) is 0 Å². The minimum absolute atomic E-state index is 0.922. The van der Waals surface area contributed by atoms with Crippen molar-refractivity contribution in [1.29, 1.82) is 0 Å². The van der Waals surface area contributed by atoms with Crippen LogP contribution < -0.4 is 5.32 Å². The first-order valence-electron chi connectivity index (χ1n) is 5.38. The van der Waals surface area contributed by atoms with E-state index in [1.807, 2.05) is 0 Å². The van der Waals surface area contributed by atoms with Crippen LogP contribution in [0.25, 0.3) is 0 Å². The summed E-state index contributed by atoms with van der Waals surface area (Å²) in [4.78, 5) is 2.21. The van der Waals surface area contributed by atoms with Crippen LogP contribution in [0.4, 0.5) is 0 Å². The van der Waals surface area contributed by atoms with E-state index in [1.165, 1.54) is 12.0 Å². The van der Waals surface area contributed by atoms with Gasteiger partial charge in [-0.05, 0) is 57.4 Å². The molecule has 0 saturated carbocycles. The van der Waals surface area contributed by atoms with Crippen molar-refractivity contribution in [1.82, 2.24) is 10.2 Å². The molecule has 1 N–H and O–H groups in total. The van der Waals surface area contributed by atoms with Gasteiger partial charge in [-0.1, -0.05) is 31.9 Å². The average molecular weight is 350 g/mol. The van der Waals surface area contributed by atoms with Gasteiger partial charge in [0.25, 0.3) is 0 Å². The van der Waals surface area contributed by atoms with Gasteiger partial charge < -0.3 is 10.2 Å². The first kappa shape index (κ1) is 14.2. The topological polar surface area (TPSA) is 15.3 Å². The zero-order valence-electron chi connectivity index (χ0n) is 9.76. The Kier molecular flexibility index (Phi) is 6.58. The van der Waals surface area contributed by atoms with Crippen molar-refractivity contribution in [3.63, 3.8) is 0 Å². The summed E-state index contributed by atoms with van der Waals surface area (Å²) in [6.07, 6.45) is 1.18. The molecular formula is C12H18Br2N2. The molecule has 0 aromatic heterocycles. The lowest BCUT2D eigenvalue weighted by atomic mass is 10.2. The van der Waals surface area contributed by atoms with Gasteiger partial charge in [-0.3, -0.25) is 0 Å². The van der Waals surface area contributed by atoms with E-state index in [-0.39, 0.29) is 0 Å². The van der Waals surface area contributed by atoms with Crippen LogP contribution in [-0.4, -0.2) is 32.1 Å². The normalized spacial score (nSPS) is 11.1. The van der Waals surface area contributed by atoms with Gasteiger partial charge in [0.2, 0.25) is 0 Å². The monoisotopic (exact) mass is 348 g/mol. The van der Waals surface area contributed by atoms with Crippen LogP contribution in [0.2, 0.25) is 0 Å². The smallest absolute Gasteiger partial charge is 0.0206 e. The molecule has 0 aliphatic heterocycles. The van der Waals surface area contributed by atoms with Gasteiger partial charge in [0.05, 0.1) is 0 Å². The molecule has 0 atom stereocenters. The summed E-state index contributed by atoms with van der Waals surface area (Å²) in [5, 5.41) is 3.44. The van der Waals surface area contributed by atoms with Crippen LogP contribution in [0.3, 0.4) is 0 Å². The highest BCUT2D eigenvalue weighted by molar-refractivity contribution is 9.11. The van der Waals surface area contributed by atoms with Crippen molar-refractivity contribution >= 4 is 31.9 Å². The van der Waals surface area contributed by atoms with Gasteiger partial charge in [0.1, 0.15) is 0 Å². The Morgan fingerprint density at radius 2 is 1.75 bits per heavy atom. The highest BCUT2D eigenvalue weighted by Crippen LogP contribution is 2.19. The summed E-state index contributed by atoms with van der Waals surface area (Å²) in [7, 11) is 4.21. The zero-order chi connectivity index (χ0) is 12.0. The van der Waals surface area contributed by atoms with E-state index in [9.17, 15) is 0 Å². The molecule has 0 amide bonds. The molecule has 0 saturated heterocycles. The van der Waals surface area contributed by atoms with Gasteiger partial charge in [0.15, 0.2) is 0 Å². The molecule has 0 unspecified atom stereocenters. The minimum Gasteiger partial charge on any atom is -0.313 e. The molecule has 90 valence electrons. The predicted molar refractivity (Wildman–Crippen MR) is 76.7 cm³/mol. The molecule has 16 heavy (non-hydrogen) atoms. The molecule has 0 radical (unpaired) electrons. The molecule has 0 aliphatic rings. The molecule has 0 heterocycles. The summed E-state index contributed by atoms with van der Waals surface area (Å²) < 4.78 is 2.24. The predicted octanol–water partition coefficient (Wildman–Crippen LogP) is 3.25. The number of benzene rings is 1. The highest BCUT2D eigenvalue weighted by Gasteiger charge is 1.97.